The SMILES string of the molecule is CC(C)CCn1c(SCC(=O)Nc2ccc(C(=O)N(C)C)cc2)nc2ccccc2c1=O. The van der Waals surface area contributed by atoms with Crippen LogP contribution in [0, 0.1) is 5.92 Å². The largest absolute Gasteiger partial charge is 0.345 e. The Morgan fingerprint density at radius 2 is 1.78 bits per heavy atom. The molecule has 7 nitrogen and oxygen atoms in total. The maximum absolute atomic E-state index is 13.0. The Hall–Kier alpha value is -3.13. The Balaban J connectivity index is 1.73. The number of rotatable bonds is 8. The van der Waals surface area contributed by atoms with Crippen molar-refractivity contribution in [3.05, 3.63) is 64.4 Å². The average Bonchev–Trinajstić information content (AvgIpc) is 2.77. The smallest absolute Gasteiger partial charge is 0.262 e. The van der Waals surface area contributed by atoms with Gasteiger partial charge < -0.3 is 10.2 Å². The fourth-order valence-electron chi connectivity index (χ4n) is 3.12. The van der Waals surface area contributed by atoms with Crippen LogP contribution in [0.4, 0.5) is 5.69 Å². The Bertz CT molecular complexity index is 1170. The first-order valence-electron chi connectivity index (χ1n) is 10.5. The first kappa shape index (κ1) is 23.5. The highest BCUT2D eigenvalue weighted by molar-refractivity contribution is 7.99. The van der Waals surface area contributed by atoms with Crippen LogP contribution in [-0.4, -0.2) is 46.1 Å². The first-order valence-corrected chi connectivity index (χ1v) is 11.5. The van der Waals surface area contributed by atoms with E-state index in [2.05, 4.69) is 24.1 Å². The van der Waals surface area contributed by atoms with Crippen LogP contribution < -0.4 is 10.9 Å². The Morgan fingerprint density at radius 1 is 1.09 bits per heavy atom. The molecule has 0 radical (unpaired) electrons. The van der Waals surface area contributed by atoms with Gasteiger partial charge in [0.25, 0.3) is 11.5 Å². The molecule has 2 aromatic carbocycles. The molecule has 0 saturated heterocycles. The van der Waals surface area contributed by atoms with E-state index in [1.165, 1.54) is 16.7 Å². The monoisotopic (exact) mass is 452 g/mol. The van der Waals surface area contributed by atoms with Crippen molar-refractivity contribution in [3.63, 3.8) is 0 Å². The van der Waals surface area contributed by atoms with E-state index in [0.717, 1.165) is 6.42 Å². The third-order valence-electron chi connectivity index (χ3n) is 4.91. The summed E-state index contributed by atoms with van der Waals surface area (Å²) in [5, 5.41) is 3.95. The van der Waals surface area contributed by atoms with Gasteiger partial charge in [-0.25, -0.2) is 4.98 Å². The number of hydrogen-bond donors (Lipinski definition) is 1. The lowest BCUT2D eigenvalue weighted by molar-refractivity contribution is -0.113. The maximum atomic E-state index is 13.0. The zero-order chi connectivity index (χ0) is 23.3. The molecular formula is C24H28N4O3S. The van der Waals surface area contributed by atoms with Crippen molar-refractivity contribution in [3.8, 4) is 0 Å². The van der Waals surface area contributed by atoms with Gasteiger partial charge in [0.1, 0.15) is 0 Å². The van der Waals surface area contributed by atoms with Gasteiger partial charge in [-0.1, -0.05) is 37.7 Å². The molecule has 2 amide bonds. The predicted molar refractivity (Wildman–Crippen MR) is 129 cm³/mol. The Kier molecular flexibility index (Phi) is 7.69. The number of carbonyl (C=O) groups is 2. The lowest BCUT2D eigenvalue weighted by Crippen LogP contribution is -2.25. The van der Waals surface area contributed by atoms with Gasteiger partial charge in [0.2, 0.25) is 5.91 Å². The third-order valence-corrected chi connectivity index (χ3v) is 5.89. The highest BCUT2D eigenvalue weighted by Crippen LogP contribution is 2.20. The Labute approximate surface area is 191 Å². The lowest BCUT2D eigenvalue weighted by atomic mass is 10.1. The van der Waals surface area contributed by atoms with Crippen LogP contribution in [0.1, 0.15) is 30.6 Å². The number of benzene rings is 2. The van der Waals surface area contributed by atoms with Crippen molar-refractivity contribution >= 4 is 40.2 Å². The molecule has 1 aromatic heterocycles. The minimum Gasteiger partial charge on any atom is -0.345 e. The number of amides is 2. The first-order chi connectivity index (χ1) is 15.3. The molecule has 3 aromatic rings. The molecular weight excluding hydrogens is 424 g/mol. The molecule has 0 saturated carbocycles. The van der Waals surface area contributed by atoms with Crippen molar-refractivity contribution in [1.82, 2.24) is 14.5 Å². The van der Waals surface area contributed by atoms with Crippen LogP contribution in [0.2, 0.25) is 0 Å². The molecule has 3 rings (SSSR count). The van der Waals surface area contributed by atoms with Crippen molar-refractivity contribution < 1.29 is 9.59 Å². The van der Waals surface area contributed by atoms with Gasteiger partial charge in [0.15, 0.2) is 5.16 Å². The second-order valence-electron chi connectivity index (χ2n) is 8.16. The van der Waals surface area contributed by atoms with Gasteiger partial charge >= 0.3 is 0 Å². The summed E-state index contributed by atoms with van der Waals surface area (Å²) in [6, 6.07) is 14.0. The van der Waals surface area contributed by atoms with Crippen LogP contribution >= 0.6 is 11.8 Å². The molecule has 32 heavy (non-hydrogen) atoms. The molecule has 0 fully saturated rings. The van der Waals surface area contributed by atoms with Gasteiger partial charge in [-0.15, -0.1) is 0 Å². The van der Waals surface area contributed by atoms with E-state index >= 15 is 0 Å². The van der Waals surface area contributed by atoms with Crippen molar-refractivity contribution in [2.24, 2.45) is 5.92 Å². The topological polar surface area (TPSA) is 84.3 Å². The minimum atomic E-state index is -0.209. The predicted octanol–water partition coefficient (Wildman–Crippen LogP) is 3.88. The number of aromatic nitrogens is 2. The summed E-state index contributed by atoms with van der Waals surface area (Å²) in [4.78, 5) is 43.7. The number of nitrogens with one attached hydrogen (secondary N) is 1. The molecule has 0 unspecified atom stereocenters. The molecule has 0 atom stereocenters. The number of fused-ring (bicyclic) bond motifs is 1. The summed E-state index contributed by atoms with van der Waals surface area (Å²) in [7, 11) is 3.38. The number of nitrogens with zero attached hydrogens (tertiary/aromatic N) is 3. The summed E-state index contributed by atoms with van der Waals surface area (Å²) < 4.78 is 1.67. The zero-order valence-electron chi connectivity index (χ0n) is 18.8. The quantitative estimate of drug-likeness (QED) is 0.414. The fourth-order valence-corrected chi connectivity index (χ4v) is 3.95. The lowest BCUT2D eigenvalue weighted by Gasteiger charge is -2.14. The van der Waals surface area contributed by atoms with Gasteiger partial charge in [-0.05, 0) is 48.7 Å². The average molecular weight is 453 g/mol. The molecule has 0 spiro atoms. The zero-order valence-corrected chi connectivity index (χ0v) is 19.6. The van der Waals surface area contributed by atoms with Gasteiger partial charge in [-0.2, -0.15) is 0 Å². The minimum absolute atomic E-state index is 0.0830. The Morgan fingerprint density at radius 3 is 2.44 bits per heavy atom. The standard InChI is InChI=1S/C24H28N4O3S/c1-16(2)13-14-28-23(31)19-7-5-6-8-20(19)26-24(28)32-15-21(29)25-18-11-9-17(10-12-18)22(30)27(3)4/h5-12,16H,13-15H2,1-4H3,(H,25,29). The number of thioether (sulfide) groups is 1. The molecule has 168 valence electrons. The van der Waals surface area contributed by atoms with Crippen molar-refractivity contribution in [1.29, 1.82) is 0 Å². The van der Waals surface area contributed by atoms with Gasteiger partial charge in [0, 0.05) is 31.9 Å². The van der Waals surface area contributed by atoms with E-state index in [1.807, 2.05) is 18.2 Å². The fraction of sp³-hybridized carbons (Fsp3) is 0.333. The normalized spacial score (nSPS) is 11.0. The summed E-state index contributed by atoms with van der Waals surface area (Å²) in [5.74, 6) is 0.252. The highest BCUT2D eigenvalue weighted by Gasteiger charge is 2.14. The molecule has 0 bridgehead atoms. The maximum Gasteiger partial charge on any atom is 0.262 e. The van der Waals surface area contributed by atoms with E-state index in [4.69, 9.17) is 0 Å². The number of anilines is 1. The molecule has 1 N–H and O–H groups in total. The van der Waals surface area contributed by atoms with Crippen molar-refractivity contribution in [2.45, 2.75) is 32.0 Å². The van der Waals surface area contributed by atoms with Crippen molar-refractivity contribution in [2.75, 3.05) is 25.2 Å². The van der Waals surface area contributed by atoms with Crippen LogP contribution in [-0.2, 0) is 11.3 Å². The van der Waals surface area contributed by atoms with Crippen LogP contribution in [0.15, 0.2) is 58.5 Å². The van der Waals surface area contributed by atoms with E-state index in [1.54, 1.807) is 49.0 Å². The summed E-state index contributed by atoms with van der Waals surface area (Å²) in [6.45, 7) is 4.77. The van der Waals surface area contributed by atoms with Crippen LogP contribution in [0.25, 0.3) is 10.9 Å². The van der Waals surface area contributed by atoms with E-state index < -0.39 is 0 Å². The van der Waals surface area contributed by atoms with E-state index in [-0.39, 0.29) is 23.1 Å². The van der Waals surface area contributed by atoms with E-state index in [9.17, 15) is 14.4 Å². The highest BCUT2D eigenvalue weighted by atomic mass is 32.2. The summed E-state index contributed by atoms with van der Waals surface area (Å²) in [6.07, 6.45) is 0.845. The summed E-state index contributed by atoms with van der Waals surface area (Å²) in [5.41, 5.74) is 1.70. The van der Waals surface area contributed by atoms with Crippen LogP contribution in [0.5, 0.6) is 0 Å². The van der Waals surface area contributed by atoms with Crippen LogP contribution in [0.3, 0.4) is 0 Å². The van der Waals surface area contributed by atoms with Gasteiger partial charge in [-0.3, -0.25) is 19.0 Å². The number of para-hydroxylation sites is 1. The molecule has 0 aliphatic heterocycles. The second kappa shape index (κ2) is 10.5. The summed E-state index contributed by atoms with van der Waals surface area (Å²) >= 11 is 1.25. The molecule has 1 heterocycles. The third kappa shape index (κ3) is 5.76. The number of hydrogen-bond acceptors (Lipinski definition) is 5. The molecule has 8 heteroatoms. The number of carbonyl (C=O) groups excluding carboxylic acids is 2. The molecule has 0 aliphatic rings. The second-order valence-corrected chi connectivity index (χ2v) is 9.11. The van der Waals surface area contributed by atoms with E-state index in [0.29, 0.717) is 39.8 Å². The van der Waals surface area contributed by atoms with Gasteiger partial charge in [0.05, 0.1) is 16.7 Å². The molecule has 0 aliphatic carbocycles.